The molecular formula is C39H50N4O7. The Morgan fingerprint density at radius 3 is 2.22 bits per heavy atom. The minimum absolute atomic E-state index is 0.00721. The summed E-state index contributed by atoms with van der Waals surface area (Å²) in [5, 5.41) is 15.4. The molecule has 11 nitrogen and oxygen atoms in total. The maximum atomic E-state index is 12.8. The lowest BCUT2D eigenvalue weighted by Gasteiger charge is -2.41. The average molecular weight is 687 g/mol. The highest BCUT2D eigenvalue weighted by atomic mass is 16.7. The van der Waals surface area contributed by atoms with Gasteiger partial charge in [0, 0.05) is 63.0 Å². The van der Waals surface area contributed by atoms with Crippen molar-refractivity contribution in [1.82, 2.24) is 4.90 Å². The number of nitrogens with two attached hydrogens (primary N) is 1. The van der Waals surface area contributed by atoms with Gasteiger partial charge >= 0.3 is 0 Å². The van der Waals surface area contributed by atoms with Crippen LogP contribution in [0, 0.1) is 0 Å². The fraction of sp³-hybridized carbons (Fsp3) is 0.487. The molecule has 5 N–H and O–H groups in total. The number of nitrogens with zero attached hydrogens (tertiary/aromatic N) is 1. The van der Waals surface area contributed by atoms with E-state index in [0.29, 0.717) is 49.5 Å². The first-order valence-electron chi connectivity index (χ1n) is 17.9. The van der Waals surface area contributed by atoms with Gasteiger partial charge in [-0.3, -0.25) is 9.59 Å². The predicted octanol–water partition coefficient (Wildman–Crippen LogP) is 6.06. The highest BCUT2D eigenvalue weighted by molar-refractivity contribution is 5.93. The first kappa shape index (κ1) is 36.0. The van der Waals surface area contributed by atoms with Gasteiger partial charge in [-0.15, -0.1) is 0 Å². The van der Waals surface area contributed by atoms with Crippen LogP contribution in [0.4, 0.5) is 17.1 Å². The summed E-state index contributed by atoms with van der Waals surface area (Å²) in [6.45, 7) is 3.84. The molecule has 11 heteroatoms. The number of nitrogen functional groups attached to an aromatic ring is 1. The molecule has 1 spiro atoms. The molecule has 2 amide bonds. The number of amides is 2. The Balaban J connectivity index is 0.993. The Bertz CT molecular complexity index is 1550. The molecule has 0 aliphatic carbocycles. The Labute approximate surface area is 294 Å². The number of anilines is 3. The highest BCUT2D eigenvalue weighted by Crippen LogP contribution is 2.39. The van der Waals surface area contributed by atoms with E-state index < -0.39 is 12.1 Å². The van der Waals surface area contributed by atoms with Crippen molar-refractivity contribution in [2.75, 3.05) is 49.2 Å². The second-order valence-corrected chi connectivity index (χ2v) is 13.5. The van der Waals surface area contributed by atoms with E-state index in [-0.39, 0.29) is 30.6 Å². The van der Waals surface area contributed by atoms with Crippen LogP contribution in [0.25, 0.3) is 0 Å². The van der Waals surface area contributed by atoms with Gasteiger partial charge in [-0.1, -0.05) is 61.4 Å². The van der Waals surface area contributed by atoms with Gasteiger partial charge < -0.3 is 45.3 Å². The molecule has 268 valence electrons. The van der Waals surface area contributed by atoms with Crippen LogP contribution in [0.3, 0.4) is 0 Å². The Morgan fingerprint density at radius 2 is 1.52 bits per heavy atom. The number of hydrogen-bond donors (Lipinski definition) is 4. The molecule has 3 atom stereocenters. The normalized spacial score (nSPS) is 22.0. The van der Waals surface area contributed by atoms with E-state index in [1.165, 1.54) is 0 Å². The number of carbonyl (C=O) groups is 2. The summed E-state index contributed by atoms with van der Waals surface area (Å²) in [5.41, 5.74) is 10.5. The van der Waals surface area contributed by atoms with Crippen molar-refractivity contribution in [3.05, 3.63) is 89.5 Å². The van der Waals surface area contributed by atoms with Crippen LogP contribution in [0.5, 0.6) is 0 Å². The van der Waals surface area contributed by atoms with Crippen LogP contribution in [-0.4, -0.2) is 66.6 Å². The number of rotatable bonds is 14. The van der Waals surface area contributed by atoms with Gasteiger partial charge in [-0.2, -0.15) is 0 Å². The maximum absolute atomic E-state index is 12.8. The van der Waals surface area contributed by atoms with Gasteiger partial charge in [-0.25, -0.2) is 0 Å². The molecule has 3 fully saturated rings. The van der Waals surface area contributed by atoms with Gasteiger partial charge in [0.15, 0.2) is 12.1 Å². The fourth-order valence-electron chi connectivity index (χ4n) is 6.92. The minimum atomic E-state index is -0.610. The molecule has 50 heavy (non-hydrogen) atoms. The number of aliphatic hydroxyl groups excluding tert-OH is 1. The van der Waals surface area contributed by atoms with E-state index in [0.717, 1.165) is 74.8 Å². The van der Waals surface area contributed by atoms with E-state index in [1.54, 1.807) is 12.1 Å². The lowest BCUT2D eigenvalue weighted by Crippen LogP contribution is -2.48. The number of carbonyl (C=O) groups excluding carboxylic acids is 2. The third-order valence-corrected chi connectivity index (χ3v) is 9.74. The molecule has 3 aliphatic heterocycles. The number of benzene rings is 3. The fourth-order valence-corrected chi connectivity index (χ4v) is 6.92. The molecule has 0 radical (unpaired) electrons. The van der Waals surface area contributed by atoms with E-state index >= 15 is 0 Å². The first-order chi connectivity index (χ1) is 24.4. The van der Waals surface area contributed by atoms with Crippen LogP contribution < -0.4 is 16.4 Å². The van der Waals surface area contributed by atoms with Gasteiger partial charge in [-0.05, 0) is 48.2 Å². The largest absolute Gasteiger partial charge is 0.397 e. The quantitative estimate of drug-likeness (QED) is 0.117. The molecule has 3 aromatic carbocycles. The van der Waals surface area contributed by atoms with E-state index in [4.69, 9.17) is 24.7 Å². The molecule has 6 rings (SSSR count). The zero-order chi connectivity index (χ0) is 34.8. The molecule has 3 aromatic rings. The van der Waals surface area contributed by atoms with E-state index in [2.05, 4.69) is 15.5 Å². The second kappa shape index (κ2) is 17.4. The summed E-state index contributed by atoms with van der Waals surface area (Å²) >= 11 is 0. The zero-order valence-electron chi connectivity index (χ0n) is 28.7. The molecule has 3 heterocycles. The summed E-state index contributed by atoms with van der Waals surface area (Å²) in [7, 11) is 0. The third-order valence-electron chi connectivity index (χ3n) is 9.74. The third kappa shape index (κ3) is 9.90. The average Bonchev–Trinajstić information content (AvgIpc) is 3.59. The molecule has 3 aliphatic rings. The summed E-state index contributed by atoms with van der Waals surface area (Å²) in [5.74, 6) is -0.533. The van der Waals surface area contributed by atoms with Crippen LogP contribution in [0.1, 0.15) is 86.9 Å². The Morgan fingerprint density at radius 1 is 0.820 bits per heavy atom. The second-order valence-electron chi connectivity index (χ2n) is 13.5. The Kier molecular flexibility index (Phi) is 12.5. The van der Waals surface area contributed by atoms with Gasteiger partial charge in [0.2, 0.25) is 11.8 Å². The molecule has 3 saturated heterocycles. The number of nitrogens with one attached hydrogen (secondary N) is 2. The standard InChI is InChI=1S/C39H50N4O7/c40-33-10-5-6-11-34(33)42-37(46)13-4-2-1-3-12-36(45)41-31-9-7-8-30(24-31)38-49-32(25-35(50-38)29-16-14-28(27-44)15-17-29)26-43-20-18-39(19-21-43)47-22-23-48-39/h5-11,14-17,24,32,35,38,44H,1-4,12-13,18-23,25-27,40H2,(H,41,45)(H,42,46)/t32-,35+,38+/m1/s1. The van der Waals surface area contributed by atoms with E-state index in [9.17, 15) is 14.7 Å². The maximum Gasteiger partial charge on any atom is 0.224 e. The predicted molar refractivity (Wildman–Crippen MR) is 191 cm³/mol. The topological polar surface area (TPSA) is 145 Å². The van der Waals surface area contributed by atoms with Crippen LogP contribution in [-0.2, 0) is 35.1 Å². The molecule has 0 unspecified atom stereocenters. The molecular weight excluding hydrogens is 636 g/mol. The van der Waals surface area contributed by atoms with Crippen molar-refractivity contribution >= 4 is 28.9 Å². The van der Waals surface area contributed by atoms with Crippen molar-refractivity contribution in [3.63, 3.8) is 0 Å². The summed E-state index contributed by atoms with van der Waals surface area (Å²) in [4.78, 5) is 27.5. The van der Waals surface area contributed by atoms with Gasteiger partial charge in [0.1, 0.15) is 0 Å². The van der Waals surface area contributed by atoms with Crippen LogP contribution in [0.15, 0.2) is 72.8 Å². The summed E-state index contributed by atoms with van der Waals surface area (Å²) in [6.07, 6.45) is 5.53. The van der Waals surface area contributed by atoms with Crippen molar-refractivity contribution in [2.45, 2.75) is 88.7 Å². The number of aliphatic hydroxyl groups is 1. The number of unbranched alkanes of at least 4 members (excludes halogenated alkanes) is 3. The number of ether oxygens (including phenoxy) is 4. The monoisotopic (exact) mass is 686 g/mol. The number of para-hydroxylation sites is 2. The molecule has 0 bridgehead atoms. The van der Waals surface area contributed by atoms with Gasteiger partial charge in [0.05, 0.1) is 43.4 Å². The SMILES string of the molecule is Nc1ccccc1NC(=O)CCCCCCC(=O)Nc1cccc([C@H]2O[C@@H](CN3CCC4(CC3)OCCO4)C[C@@H](c3ccc(CO)cc3)O2)c1. The molecule has 0 saturated carbocycles. The van der Waals surface area contributed by atoms with E-state index in [1.807, 2.05) is 60.7 Å². The van der Waals surface area contributed by atoms with Crippen LogP contribution in [0.2, 0.25) is 0 Å². The Hall–Kier alpha value is -3.84. The van der Waals surface area contributed by atoms with Crippen molar-refractivity contribution in [3.8, 4) is 0 Å². The number of likely N-dealkylation sites (tertiary alicyclic amines) is 1. The zero-order valence-corrected chi connectivity index (χ0v) is 28.7. The summed E-state index contributed by atoms with van der Waals surface area (Å²) < 4.78 is 25.0. The van der Waals surface area contributed by atoms with Crippen molar-refractivity contribution in [2.24, 2.45) is 0 Å². The van der Waals surface area contributed by atoms with Gasteiger partial charge in [0.25, 0.3) is 0 Å². The van der Waals surface area contributed by atoms with Crippen LogP contribution >= 0.6 is 0 Å². The smallest absolute Gasteiger partial charge is 0.224 e. The lowest BCUT2D eigenvalue weighted by atomic mass is 9.98. The number of piperidine rings is 1. The molecule has 0 aromatic heterocycles. The summed E-state index contributed by atoms with van der Waals surface area (Å²) in [6, 6.07) is 22.8. The van der Waals surface area contributed by atoms with Crippen molar-refractivity contribution < 1.29 is 33.6 Å². The lowest BCUT2D eigenvalue weighted by molar-refractivity contribution is -0.255. The first-order valence-corrected chi connectivity index (χ1v) is 17.9. The van der Waals surface area contributed by atoms with Crippen molar-refractivity contribution in [1.29, 1.82) is 0 Å². The highest BCUT2D eigenvalue weighted by Gasteiger charge is 2.41. The minimum Gasteiger partial charge on any atom is -0.397 e. The number of hydrogen-bond acceptors (Lipinski definition) is 9.